The molecular formula is C14H23N3O. The molecule has 0 radical (unpaired) electrons. The van der Waals surface area contributed by atoms with Crippen LogP contribution in [0.5, 0.6) is 0 Å². The van der Waals surface area contributed by atoms with Gasteiger partial charge in [0, 0.05) is 19.2 Å². The second-order valence-corrected chi connectivity index (χ2v) is 4.38. The highest BCUT2D eigenvalue weighted by Crippen LogP contribution is 2.11. The summed E-state index contributed by atoms with van der Waals surface area (Å²) in [6, 6.07) is 7.70. The second kappa shape index (κ2) is 7.84. The minimum absolute atomic E-state index is 0.0788. The lowest BCUT2D eigenvalue weighted by Crippen LogP contribution is -2.30. The van der Waals surface area contributed by atoms with Crippen molar-refractivity contribution in [3.8, 4) is 0 Å². The van der Waals surface area contributed by atoms with E-state index in [0.29, 0.717) is 6.54 Å². The molecule has 1 rings (SSSR count). The Morgan fingerprint density at radius 2 is 2.11 bits per heavy atom. The molecule has 100 valence electrons. The summed E-state index contributed by atoms with van der Waals surface area (Å²) in [5, 5.41) is 3.08. The number of carbonyl (C=O) groups is 1. The van der Waals surface area contributed by atoms with Crippen LogP contribution < -0.4 is 11.1 Å². The Kier molecular flexibility index (Phi) is 6.39. The van der Waals surface area contributed by atoms with Crippen molar-refractivity contribution in [3.63, 3.8) is 0 Å². The normalized spacial score (nSPS) is 10.4. The number of benzene rings is 1. The number of hydrogen-bond acceptors (Lipinski definition) is 3. The molecule has 3 N–H and O–H groups in total. The fourth-order valence-corrected chi connectivity index (χ4v) is 1.90. The Morgan fingerprint density at radius 1 is 1.39 bits per heavy atom. The van der Waals surface area contributed by atoms with Crippen LogP contribution in [0, 0.1) is 0 Å². The Labute approximate surface area is 109 Å². The summed E-state index contributed by atoms with van der Waals surface area (Å²) in [4.78, 5) is 14.1. The van der Waals surface area contributed by atoms with Crippen LogP contribution in [-0.4, -0.2) is 44.5 Å². The zero-order chi connectivity index (χ0) is 13.4. The van der Waals surface area contributed by atoms with E-state index in [4.69, 9.17) is 5.73 Å². The quantitative estimate of drug-likeness (QED) is 0.705. The molecule has 0 aliphatic carbocycles. The summed E-state index contributed by atoms with van der Waals surface area (Å²) in [5.41, 5.74) is 7.38. The van der Waals surface area contributed by atoms with E-state index in [9.17, 15) is 4.79 Å². The Morgan fingerprint density at radius 3 is 2.78 bits per heavy atom. The second-order valence-electron chi connectivity index (χ2n) is 4.38. The SMILES string of the molecule is CNCCCN(C)C(=O)c1ccccc1CCN. The topological polar surface area (TPSA) is 58.4 Å². The van der Waals surface area contributed by atoms with Gasteiger partial charge in [-0.3, -0.25) is 4.79 Å². The van der Waals surface area contributed by atoms with Crippen molar-refractivity contribution in [1.82, 2.24) is 10.2 Å². The van der Waals surface area contributed by atoms with Gasteiger partial charge in [-0.25, -0.2) is 0 Å². The molecule has 0 unspecified atom stereocenters. The molecule has 1 amide bonds. The molecular weight excluding hydrogens is 226 g/mol. The van der Waals surface area contributed by atoms with Crippen LogP contribution in [0.25, 0.3) is 0 Å². The highest BCUT2D eigenvalue weighted by molar-refractivity contribution is 5.95. The van der Waals surface area contributed by atoms with Crippen molar-refractivity contribution >= 4 is 5.91 Å². The van der Waals surface area contributed by atoms with E-state index in [0.717, 1.165) is 37.1 Å². The van der Waals surface area contributed by atoms with Gasteiger partial charge in [-0.05, 0) is 44.6 Å². The lowest BCUT2D eigenvalue weighted by Gasteiger charge is -2.19. The van der Waals surface area contributed by atoms with Crippen LogP contribution in [0.3, 0.4) is 0 Å². The van der Waals surface area contributed by atoms with Crippen molar-refractivity contribution in [2.45, 2.75) is 12.8 Å². The van der Waals surface area contributed by atoms with Gasteiger partial charge in [0.25, 0.3) is 5.91 Å². The number of amides is 1. The zero-order valence-corrected chi connectivity index (χ0v) is 11.3. The van der Waals surface area contributed by atoms with E-state index >= 15 is 0 Å². The van der Waals surface area contributed by atoms with Gasteiger partial charge in [-0.1, -0.05) is 18.2 Å². The predicted molar refractivity (Wildman–Crippen MR) is 74.7 cm³/mol. The summed E-state index contributed by atoms with van der Waals surface area (Å²) in [7, 11) is 3.76. The third-order valence-electron chi connectivity index (χ3n) is 2.93. The molecule has 1 aromatic carbocycles. The van der Waals surface area contributed by atoms with E-state index in [2.05, 4.69) is 5.32 Å². The van der Waals surface area contributed by atoms with Gasteiger partial charge >= 0.3 is 0 Å². The van der Waals surface area contributed by atoms with Gasteiger partial charge in [-0.15, -0.1) is 0 Å². The number of hydrogen-bond donors (Lipinski definition) is 2. The van der Waals surface area contributed by atoms with Crippen LogP contribution >= 0.6 is 0 Å². The Bertz CT molecular complexity index is 379. The predicted octanol–water partition coefficient (Wildman–Crippen LogP) is 0.869. The minimum atomic E-state index is 0.0788. The monoisotopic (exact) mass is 249 g/mol. The fourth-order valence-electron chi connectivity index (χ4n) is 1.90. The summed E-state index contributed by atoms with van der Waals surface area (Å²) >= 11 is 0. The van der Waals surface area contributed by atoms with Gasteiger partial charge < -0.3 is 16.0 Å². The maximum atomic E-state index is 12.3. The summed E-state index contributed by atoms with van der Waals surface area (Å²) in [6.45, 7) is 2.24. The molecule has 0 bridgehead atoms. The van der Waals surface area contributed by atoms with Crippen LogP contribution in [0.4, 0.5) is 0 Å². The van der Waals surface area contributed by atoms with Gasteiger partial charge in [0.15, 0.2) is 0 Å². The lowest BCUT2D eigenvalue weighted by molar-refractivity contribution is 0.0792. The Balaban J connectivity index is 2.70. The van der Waals surface area contributed by atoms with Gasteiger partial charge in [0.1, 0.15) is 0 Å². The maximum absolute atomic E-state index is 12.3. The lowest BCUT2D eigenvalue weighted by atomic mass is 10.0. The van der Waals surface area contributed by atoms with Crippen LogP contribution in [-0.2, 0) is 6.42 Å². The molecule has 0 spiro atoms. The first-order valence-corrected chi connectivity index (χ1v) is 6.38. The summed E-state index contributed by atoms with van der Waals surface area (Å²) in [5.74, 6) is 0.0788. The highest BCUT2D eigenvalue weighted by Gasteiger charge is 2.14. The van der Waals surface area contributed by atoms with Crippen LogP contribution in [0.2, 0.25) is 0 Å². The first-order valence-electron chi connectivity index (χ1n) is 6.38. The standard InChI is InChI=1S/C14H23N3O/c1-16-10-5-11-17(2)14(18)13-7-4-3-6-12(13)8-9-15/h3-4,6-7,16H,5,8-11,15H2,1-2H3. The minimum Gasteiger partial charge on any atom is -0.342 e. The maximum Gasteiger partial charge on any atom is 0.253 e. The average Bonchev–Trinajstić information content (AvgIpc) is 2.39. The fraction of sp³-hybridized carbons (Fsp3) is 0.500. The van der Waals surface area contributed by atoms with Crippen molar-refractivity contribution in [1.29, 1.82) is 0 Å². The van der Waals surface area contributed by atoms with Crippen LogP contribution in [0.15, 0.2) is 24.3 Å². The number of carbonyl (C=O) groups excluding carboxylic acids is 1. The molecule has 0 aromatic heterocycles. The van der Waals surface area contributed by atoms with Crippen molar-refractivity contribution in [2.24, 2.45) is 5.73 Å². The molecule has 0 aliphatic heterocycles. The molecule has 0 saturated heterocycles. The molecule has 4 nitrogen and oxygen atoms in total. The molecule has 4 heteroatoms. The molecule has 0 atom stereocenters. The molecule has 0 saturated carbocycles. The van der Waals surface area contributed by atoms with Gasteiger partial charge in [0.2, 0.25) is 0 Å². The number of rotatable bonds is 7. The molecule has 1 aromatic rings. The van der Waals surface area contributed by atoms with Gasteiger partial charge in [0.05, 0.1) is 0 Å². The van der Waals surface area contributed by atoms with Gasteiger partial charge in [-0.2, -0.15) is 0 Å². The third-order valence-corrected chi connectivity index (χ3v) is 2.93. The molecule has 0 heterocycles. The molecule has 0 aliphatic rings. The van der Waals surface area contributed by atoms with Crippen molar-refractivity contribution < 1.29 is 4.79 Å². The van der Waals surface area contributed by atoms with E-state index in [1.54, 1.807) is 4.90 Å². The van der Waals surface area contributed by atoms with E-state index < -0.39 is 0 Å². The first-order chi connectivity index (χ1) is 8.70. The molecule has 0 fully saturated rings. The van der Waals surface area contributed by atoms with E-state index in [-0.39, 0.29) is 5.91 Å². The largest absolute Gasteiger partial charge is 0.342 e. The molecule has 18 heavy (non-hydrogen) atoms. The number of nitrogens with one attached hydrogen (secondary N) is 1. The van der Waals surface area contributed by atoms with Crippen molar-refractivity contribution in [2.75, 3.05) is 33.7 Å². The van der Waals surface area contributed by atoms with E-state index in [1.165, 1.54) is 0 Å². The van der Waals surface area contributed by atoms with Crippen LogP contribution in [0.1, 0.15) is 22.3 Å². The number of nitrogens with two attached hydrogens (primary N) is 1. The smallest absolute Gasteiger partial charge is 0.253 e. The zero-order valence-electron chi connectivity index (χ0n) is 11.3. The summed E-state index contributed by atoms with van der Waals surface area (Å²) < 4.78 is 0. The average molecular weight is 249 g/mol. The highest BCUT2D eigenvalue weighted by atomic mass is 16.2. The van der Waals surface area contributed by atoms with E-state index in [1.807, 2.05) is 38.4 Å². The third kappa shape index (κ3) is 4.13. The Hall–Kier alpha value is -1.39. The van der Waals surface area contributed by atoms with Crippen molar-refractivity contribution in [3.05, 3.63) is 35.4 Å². The summed E-state index contributed by atoms with van der Waals surface area (Å²) in [6.07, 6.45) is 1.70. The number of nitrogens with zero attached hydrogens (tertiary/aromatic N) is 1. The first kappa shape index (κ1) is 14.7.